The number of hydrogen-bond donors (Lipinski definition) is 3. The predicted molar refractivity (Wildman–Crippen MR) is 89.0 cm³/mol. The number of amides is 2. The lowest BCUT2D eigenvalue weighted by molar-refractivity contribution is -0.120. The molecule has 8 nitrogen and oxygen atoms in total. The summed E-state index contributed by atoms with van der Waals surface area (Å²) in [6.45, 7) is 4.11. The number of carbonyl (C=O) groups excluding carboxylic acids is 2. The van der Waals surface area contributed by atoms with E-state index in [1.807, 2.05) is 0 Å². The molecule has 0 aromatic heterocycles. The maximum absolute atomic E-state index is 11.9. The predicted octanol–water partition coefficient (Wildman–Crippen LogP) is -0.357. The molecule has 0 bridgehead atoms. The first kappa shape index (κ1) is 19.8. The van der Waals surface area contributed by atoms with Crippen molar-refractivity contribution in [1.29, 1.82) is 0 Å². The minimum absolute atomic E-state index is 0.0400. The molecule has 0 saturated carbocycles. The number of carbonyl (C=O) groups is 2. The van der Waals surface area contributed by atoms with E-state index < -0.39 is 15.9 Å². The number of ether oxygens (including phenoxy) is 1. The Bertz CT molecular complexity index is 671. The summed E-state index contributed by atoms with van der Waals surface area (Å²) in [6.07, 6.45) is 1.43. The summed E-state index contributed by atoms with van der Waals surface area (Å²) < 4.78 is 30.9. The van der Waals surface area contributed by atoms with Crippen LogP contribution in [0.15, 0.2) is 41.8 Å². The minimum atomic E-state index is -3.63. The van der Waals surface area contributed by atoms with E-state index in [9.17, 15) is 18.0 Å². The highest BCUT2D eigenvalue weighted by molar-refractivity contribution is 7.89. The number of benzene rings is 1. The Kier molecular flexibility index (Phi) is 8.10. The van der Waals surface area contributed by atoms with E-state index in [1.165, 1.54) is 37.5 Å². The van der Waals surface area contributed by atoms with Crippen LogP contribution in [0.2, 0.25) is 0 Å². The number of nitrogens with one attached hydrogen (secondary N) is 3. The van der Waals surface area contributed by atoms with Crippen LogP contribution in [0, 0.1) is 0 Å². The van der Waals surface area contributed by atoms with Crippen molar-refractivity contribution in [3.05, 3.63) is 42.5 Å². The Hall–Kier alpha value is -2.23. The van der Waals surface area contributed by atoms with E-state index in [1.54, 1.807) is 0 Å². The molecule has 0 fully saturated rings. The van der Waals surface area contributed by atoms with Crippen molar-refractivity contribution in [2.24, 2.45) is 0 Å². The summed E-state index contributed by atoms with van der Waals surface area (Å²) in [5.74, 6) is -0.812. The van der Waals surface area contributed by atoms with Gasteiger partial charge < -0.3 is 15.4 Å². The van der Waals surface area contributed by atoms with Gasteiger partial charge in [-0.25, -0.2) is 13.1 Å². The van der Waals surface area contributed by atoms with E-state index >= 15 is 0 Å². The fourth-order valence-corrected chi connectivity index (χ4v) is 2.65. The van der Waals surface area contributed by atoms with Crippen molar-refractivity contribution in [3.8, 4) is 0 Å². The molecule has 1 rings (SSSR count). The number of rotatable bonds is 10. The van der Waals surface area contributed by atoms with Crippen LogP contribution in [-0.4, -0.2) is 53.6 Å². The topological polar surface area (TPSA) is 114 Å². The van der Waals surface area contributed by atoms with Gasteiger partial charge in [-0.1, -0.05) is 6.08 Å². The molecule has 0 saturated heterocycles. The van der Waals surface area contributed by atoms with Gasteiger partial charge in [0.15, 0.2) is 0 Å². The van der Waals surface area contributed by atoms with Gasteiger partial charge in [0.1, 0.15) is 0 Å². The second kappa shape index (κ2) is 9.81. The van der Waals surface area contributed by atoms with Gasteiger partial charge in [-0.3, -0.25) is 9.59 Å². The summed E-state index contributed by atoms with van der Waals surface area (Å²) in [6, 6.07) is 5.39. The van der Waals surface area contributed by atoms with E-state index in [0.717, 1.165) is 0 Å². The summed E-state index contributed by atoms with van der Waals surface area (Å²) in [5, 5.41) is 5.01. The second-order valence-corrected chi connectivity index (χ2v) is 6.46. The quantitative estimate of drug-likeness (QED) is 0.392. The summed E-state index contributed by atoms with van der Waals surface area (Å²) >= 11 is 0. The van der Waals surface area contributed by atoms with Crippen LogP contribution in [0.4, 0.5) is 0 Å². The highest BCUT2D eigenvalue weighted by Crippen LogP contribution is 2.10. The summed E-state index contributed by atoms with van der Waals surface area (Å²) in [7, 11) is -2.11. The van der Waals surface area contributed by atoms with Crippen LogP contribution in [0.25, 0.3) is 0 Å². The van der Waals surface area contributed by atoms with Gasteiger partial charge in [0.25, 0.3) is 5.91 Å². The van der Waals surface area contributed by atoms with Crippen molar-refractivity contribution in [2.75, 3.05) is 33.4 Å². The fourth-order valence-electron chi connectivity index (χ4n) is 1.66. The molecular formula is C15H21N3O5S. The number of methoxy groups -OCH3 is 1. The van der Waals surface area contributed by atoms with Crippen LogP contribution in [-0.2, 0) is 19.6 Å². The molecule has 24 heavy (non-hydrogen) atoms. The molecule has 0 unspecified atom stereocenters. The number of sulfonamides is 1. The van der Waals surface area contributed by atoms with Crippen LogP contribution < -0.4 is 15.4 Å². The van der Waals surface area contributed by atoms with Crippen LogP contribution in [0.1, 0.15) is 10.4 Å². The molecule has 9 heteroatoms. The lowest BCUT2D eigenvalue weighted by Gasteiger charge is -2.08. The van der Waals surface area contributed by atoms with E-state index in [-0.39, 0.29) is 29.5 Å². The lowest BCUT2D eigenvalue weighted by Crippen LogP contribution is -2.38. The second-order valence-electron chi connectivity index (χ2n) is 4.69. The standard InChI is InChI=1S/C15H21N3O5S/c1-3-8-18-24(21,22)13-6-4-12(5-7-13)15(20)17-11-14(19)16-9-10-23-2/h3-7,18H,1,8-11H2,2H3,(H,16,19)(H,17,20). The third-order valence-electron chi connectivity index (χ3n) is 2.88. The largest absolute Gasteiger partial charge is 0.383 e. The monoisotopic (exact) mass is 355 g/mol. The SMILES string of the molecule is C=CCNS(=O)(=O)c1ccc(C(=O)NCC(=O)NCCOC)cc1. The van der Waals surface area contributed by atoms with Gasteiger partial charge in [0.05, 0.1) is 18.0 Å². The molecule has 1 aromatic rings. The van der Waals surface area contributed by atoms with Crippen LogP contribution >= 0.6 is 0 Å². The highest BCUT2D eigenvalue weighted by atomic mass is 32.2. The molecule has 0 aliphatic rings. The molecule has 0 spiro atoms. The van der Waals surface area contributed by atoms with Crippen LogP contribution in [0.5, 0.6) is 0 Å². The molecule has 0 aliphatic carbocycles. The Labute approximate surface area is 141 Å². The normalized spacial score (nSPS) is 10.9. The van der Waals surface area contributed by atoms with Crippen molar-refractivity contribution in [1.82, 2.24) is 15.4 Å². The van der Waals surface area contributed by atoms with Gasteiger partial charge in [-0.2, -0.15) is 0 Å². The molecular weight excluding hydrogens is 334 g/mol. The number of hydrogen-bond acceptors (Lipinski definition) is 5. The Morgan fingerprint density at radius 3 is 2.46 bits per heavy atom. The lowest BCUT2D eigenvalue weighted by atomic mass is 10.2. The maximum Gasteiger partial charge on any atom is 0.251 e. The van der Waals surface area contributed by atoms with Crippen molar-refractivity contribution in [3.63, 3.8) is 0 Å². The zero-order valence-electron chi connectivity index (χ0n) is 13.4. The van der Waals surface area contributed by atoms with Gasteiger partial charge in [-0.15, -0.1) is 6.58 Å². The Morgan fingerprint density at radius 1 is 1.21 bits per heavy atom. The third-order valence-corrected chi connectivity index (χ3v) is 4.32. The molecule has 3 N–H and O–H groups in total. The maximum atomic E-state index is 11.9. The van der Waals surface area contributed by atoms with Crippen LogP contribution in [0.3, 0.4) is 0 Å². The van der Waals surface area contributed by atoms with E-state index in [4.69, 9.17) is 4.74 Å². The van der Waals surface area contributed by atoms with Gasteiger partial charge in [-0.05, 0) is 24.3 Å². The van der Waals surface area contributed by atoms with E-state index in [2.05, 4.69) is 21.9 Å². The van der Waals surface area contributed by atoms with Crippen molar-refractivity contribution < 1.29 is 22.7 Å². The fraction of sp³-hybridized carbons (Fsp3) is 0.333. The molecule has 0 aliphatic heterocycles. The molecule has 0 atom stereocenters. The first-order chi connectivity index (χ1) is 11.4. The zero-order valence-corrected chi connectivity index (χ0v) is 14.2. The van der Waals surface area contributed by atoms with Crippen molar-refractivity contribution >= 4 is 21.8 Å². The van der Waals surface area contributed by atoms with Gasteiger partial charge in [0, 0.05) is 25.8 Å². The van der Waals surface area contributed by atoms with E-state index in [0.29, 0.717) is 13.2 Å². The molecule has 0 radical (unpaired) electrons. The molecule has 132 valence electrons. The highest BCUT2D eigenvalue weighted by Gasteiger charge is 2.14. The van der Waals surface area contributed by atoms with Crippen molar-refractivity contribution in [2.45, 2.75) is 4.90 Å². The molecule has 2 amide bonds. The minimum Gasteiger partial charge on any atom is -0.383 e. The Balaban J connectivity index is 2.57. The first-order valence-corrected chi connectivity index (χ1v) is 8.63. The van der Waals surface area contributed by atoms with Gasteiger partial charge >= 0.3 is 0 Å². The molecule has 0 heterocycles. The summed E-state index contributed by atoms with van der Waals surface area (Å²) in [4.78, 5) is 23.4. The smallest absolute Gasteiger partial charge is 0.251 e. The average molecular weight is 355 g/mol. The van der Waals surface area contributed by atoms with Gasteiger partial charge in [0.2, 0.25) is 15.9 Å². The molecule has 1 aromatic carbocycles. The Morgan fingerprint density at radius 2 is 1.88 bits per heavy atom. The third kappa shape index (κ3) is 6.49. The summed E-state index contributed by atoms with van der Waals surface area (Å²) in [5.41, 5.74) is 0.252. The first-order valence-electron chi connectivity index (χ1n) is 7.15. The zero-order chi connectivity index (χ0) is 18.0. The average Bonchev–Trinajstić information content (AvgIpc) is 2.58.